The van der Waals surface area contributed by atoms with Gasteiger partial charge in [-0.15, -0.1) is 10.2 Å². The molecule has 1 amide bonds. The molecular formula is C23H20N4O4S. The third kappa shape index (κ3) is 4.02. The third-order valence-electron chi connectivity index (χ3n) is 4.94. The Balaban J connectivity index is 1.30. The zero-order chi connectivity index (χ0) is 21.9. The highest BCUT2D eigenvalue weighted by atomic mass is 32.1. The molecule has 0 aliphatic carbocycles. The molecule has 162 valence electrons. The lowest BCUT2D eigenvalue weighted by Crippen LogP contribution is -2.14. The molecule has 1 aromatic heterocycles. The number of amides is 1. The fourth-order valence-electron chi connectivity index (χ4n) is 3.49. The van der Waals surface area contributed by atoms with Crippen LogP contribution >= 0.6 is 11.3 Å². The number of hydrogen-bond acceptors (Lipinski definition) is 8. The Bertz CT molecular complexity index is 1290. The smallest absolute Gasteiger partial charge is 0.261 e. The largest absolute Gasteiger partial charge is 0.493 e. The molecule has 2 heterocycles. The maximum Gasteiger partial charge on any atom is 0.261 e. The standard InChI is InChI=1S/C23H20N4O4S/c1-2-29-18-10-8-15-5-3-4-6-16(15)20(18)21(28)25-23-27-26-22(32-23)24-12-14-7-9-17-19(11-14)31-13-30-17/h3-11H,2,12-13H2,1H3,(H,24,26)(H,25,27,28). The van der Waals surface area contributed by atoms with Crippen LogP contribution in [0.15, 0.2) is 54.6 Å². The van der Waals surface area contributed by atoms with Crippen LogP contribution in [0.5, 0.6) is 17.2 Å². The summed E-state index contributed by atoms with van der Waals surface area (Å²) in [4.78, 5) is 13.1. The molecule has 9 heteroatoms. The number of hydrogen-bond donors (Lipinski definition) is 2. The van der Waals surface area contributed by atoms with Crippen molar-refractivity contribution in [1.82, 2.24) is 10.2 Å². The minimum absolute atomic E-state index is 0.243. The molecule has 0 saturated carbocycles. The quantitative estimate of drug-likeness (QED) is 0.424. The topological polar surface area (TPSA) is 94.6 Å². The van der Waals surface area contributed by atoms with Crippen molar-refractivity contribution < 1.29 is 19.0 Å². The lowest BCUT2D eigenvalue weighted by atomic mass is 10.0. The van der Waals surface area contributed by atoms with E-state index >= 15 is 0 Å². The second-order valence-electron chi connectivity index (χ2n) is 7.00. The van der Waals surface area contributed by atoms with Crippen LogP contribution in [0.4, 0.5) is 10.3 Å². The van der Waals surface area contributed by atoms with Gasteiger partial charge in [-0.3, -0.25) is 10.1 Å². The predicted molar refractivity (Wildman–Crippen MR) is 123 cm³/mol. The van der Waals surface area contributed by atoms with E-state index in [9.17, 15) is 4.79 Å². The van der Waals surface area contributed by atoms with Gasteiger partial charge in [-0.25, -0.2) is 0 Å². The fourth-order valence-corrected chi connectivity index (χ4v) is 4.13. The van der Waals surface area contributed by atoms with E-state index < -0.39 is 0 Å². The van der Waals surface area contributed by atoms with E-state index in [4.69, 9.17) is 14.2 Å². The Morgan fingerprint density at radius 2 is 1.91 bits per heavy atom. The molecule has 0 spiro atoms. The van der Waals surface area contributed by atoms with Crippen molar-refractivity contribution >= 4 is 38.3 Å². The zero-order valence-corrected chi connectivity index (χ0v) is 18.1. The maximum absolute atomic E-state index is 13.1. The van der Waals surface area contributed by atoms with Gasteiger partial charge in [0.15, 0.2) is 11.5 Å². The summed E-state index contributed by atoms with van der Waals surface area (Å²) in [5.41, 5.74) is 1.50. The first-order valence-electron chi connectivity index (χ1n) is 10.1. The maximum atomic E-state index is 13.1. The summed E-state index contributed by atoms with van der Waals surface area (Å²) in [6, 6.07) is 17.2. The number of carbonyl (C=O) groups is 1. The summed E-state index contributed by atoms with van der Waals surface area (Å²) in [5.74, 6) is 1.72. The number of anilines is 2. The number of rotatable bonds is 7. The summed E-state index contributed by atoms with van der Waals surface area (Å²) in [6.07, 6.45) is 0. The van der Waals surface area contributed by atoms with E-state index in [1.54, 1.807) is 0 Å². The lowest BCUT2D eigenvalue weighted by molar-refractivity contribution is 0.102. The van der Waals surface area contributed by atoms with E-state index in [1.807, 2.05) is 61.5 Å². The van der Waals surface area contributed by atoms with Gasteiger partial charge in [0.2, 0.25) is 17.1 Å². The molecule has 0 saturated heterocycles. The van der Waals surface area contributed by atoms with Crippen molar-refractivity contribution in [1.29, 1.82) is 0 Å². The molecule has 8 nitrogen and oxygen atoms in total. The van der Waals surface area contributed by atoms with Gasteiger partial charge >= 0.3 is 0 Å². The molecule has 0 radical (unpaired) electrons. The van der Waals surface area contributed by atoms with Crippen molar-refractivity contribution in [2.45, 2.75) is 13.5 Å². The van der Waals surface area contributed by atoms with Crippen molar-refractivity contribution in [2.75, 3.05) is 24.0 Å². The number of ether oxygens (including phenoxy) is 3. The molecule has 3 aromatic carbocycles. The lowest BCUT2D eigenvalue weighted by Gasteiger charge is -2.12. The Hall–Kier alpha value is -3.85. The summed E-state index contributed by atoms with van der Waals surface area (Å²) < 4.78 is 16.4. The van der Waals surface area contributed by atoms with Crippen molar-refractivity contribution in [3.8, 4) is 17.2 Å². The van der Waals surface area contributed by atoms with E-state index in [0.717, 1.165) is 27.8 Å². The Kier molecular flexibility index (Phi) is 5.47. The number of fused-ring (bicyclic) bond motifs is 2. The molecule has 4 aromatic rings. The van der Waals surface area contributed by atoms with Gasteiger partial charge in [0, 0.05) is 6.54 Å². The van der Waals surface area contributed by atoms with Gasteiger partial charge in [0.1, 0.15) is 5.75 Å². The molecule has 0 fully saturated rings. The summed E-state index contributed by atoms with van der Waals surface area (Å²) in [7, 11) is 0. The monoisotopic (exact) mass is 448 g/mol. The molecule has 1 aliphatic rings. The molecule has 1 aliphatic heterocycles. The van der Waals surface area contributed by atoms with Crippen LogP contribution in [0.3, 0.4) is 0 Å². The van der Waals surface area contributed by atoms with Crippen LogP contribution in [0.25, 0.3) is 10.8 Å². The second-order valence-corrected chi connectivity index (χ2v) is 7.98. The normalized spacial score (nSPS) is 12.0. The van der Waals surface area contributed by atoms with Crippen LogP contribution < -0.4 is 24.8 Å². The minimum Gasteiger partial charge on any atom is -0.493 e. The van der Waals surface area contributed by atoms with Crippen molar-refractivity contribution in [2.24, 2.45) is 0 Å². The average molecular weight is 449 g/mol. The summed E-state index contributed by atoms with van der Waals surface area (Å²) >= 11 is 1.26. The van der Waals surface area contributed by atoms with Crippen LogP contribution in [0, 0.1) is 0 Å². The molecular weight excluding hydrogens is 428 g/mol. The highest BCUT2D eigenvalue weighted by Gasteiger charge is 2.19. The number of aromatic nitrogens is 2. The SMILES string of the molecule is CCOc1ccc2ccccc2c1C(=O)Nc1nnc(NCc2ccc3c(c2)OCO3)s1. The first kappa shape index (κ1) is 20.1. The van der Waals surface area contributed by atoms with Gasteiger partial charge in [-0.1, -0.05) is 47.7 Å². The van der Waals surface area contributed by atoms with Crippen LogP contribution in [-0.4, -0.2) is 29.5 Å². The Labute approximate surface area is 188 Å². The van der Waals surface area contributed by atoms with E-state index in [2.05, 4.69) is 20.8 Å². The van der Waals surface area contributed by atoms with E-state index in [-0.39, 0.29) is 12.7 Å². The Morgan fingerprint density at radius 1 is 1.06 bits per heavy atom. The van der Waals surface area contributed by atoms with Crippen molar-refractivity contribution in [3.05, 3.63) is 65.7 Å². The number of carbonyl (C=O) groups excluding carboxylic acids is 1. The highest BCUT2D eigenvalue weighted by molar-refractivity contribution is 7.19. The van der Waals surface area contributed by atoms with E-state index in [1.165, 1.54) is 11.3 Å². The van der Waals surface area contributed by atoms with Crippen LogP contribution in [0.2, 0.25) is 0 Å². The van der Waals surface area contributed by atoms with Crippen LogP contribution in [0.1, 0.15) is 22.8 Å². The molecule has 32 heavy (non-hydrogen) atoms. The first-order valence-corrected chi connectivity index (χ1v) is 10.9. The molecule has 5 rings (SSSR count). The van der Waals surface area contributed by atoms with Crippen LogP contribution in [-0.2, 0) is 6.54 Å². The molecule has 0 atom stereocenters. The summed E-state index contributed by atoms with van der Waals surface area (Å²) in [5, 5.41) is 17.1. The molecule has 2 N–H and O–H groups in total. The number of benzene rings is 3. The van der Waals surface area contributed by atoms with Crippen molar-refractivity contribution in [3.63, 3.8) is 0 Å². The highest BCUT2D eigenvalue weighted by Crippen LogP contribution is 2.33. The number of nitrogens with zero attached hydrogens (tertiary/aromatic N) is 2. The molecule has 0 unspecified atom stereocenters. The number of nitrogens with one attached hydrogen (secondary N) is 2. The van der Waals surface area contributed by atoms with Gasteiger partial charge in [-0.05, 0) is 41.5 Å². The van der Waals surface area contributed by atoms with Gasteiger partial charge < -0.3 is 19.5 Å². The van der Waals surface area contributed by atoms with E-state index in [0.29, 0.717) is 34.7 Å². The summed E-state index contributed by atoms with van der Waals surface area (Å²) in [6.45, 7) is 3.13. The second kappa shape index (κ2) is 8.72. The Morgan fingerprint density at radius 3 is 2.81 bits per heavy atom. The first-order chi connectivity index (χ1) is 15.7. The zero-order valence-electron chi connectivity index (χ0n) is 17.3. The van der Waals surface area contributed by atoms with Gasteiger partial charge in [0.25, 0.3) is 5.91 Å². The fraction of sp³-hybridized carbons (Fsp3) is 0.174. The third-order valence-corrected chi connectivity index (χ3v) is 5.74. The van der Waals surface area contributed by atoms with Gasteiger partial charge in [0.05, 0.1) is 12.2 Å². The minimum atomic E-state index is -0.288. The average Bonchev–Trinajstić information content (AvgIpc) is 3.46. The predicted octanol–water partition coefficient (Wildman–Crippen LogP) is 4.68. The molecule has 0 bridgehead atoms. The van der Waals surface area contributed by atoms with Gasteiger partial charge in [-0.2, -0.15) is 0 Å².